The van der Waals surface area contributed by atoms with Crippen molar-refractivity contribution in [2.75, 3.05) is 4.90 Å². The molecule has 0 fully saturated rings. The average molecular weight is 738 g/mol. The van der Waals surface area contributed by atoms with Crippen molar-refractivity contribution < 1.29 is 0 Å². The van der Waals surface area contributed by atoms with Crippen LogP contribution in [0.5, 0.6) is 0 Å². The van der Waals surface area contributed by atoms with Gasteiger partial charge in [-0.05, 0) is 120 Å². The first-order chi connectivity index (χ1) is 28.8. The first-order valence-electron chi connectivity index (χ1n) is 20.1. The fourth-order valence-corrected chi connectivity index (χ4v) is 9.45. The summed E-state index contributed by atoms with van der Waals surface area (Å²) in [6.07, 6.45) is 4.59. The average Bonchev–Trinajstić information content (AvgIpc) is 3.50. The first-order valence-corrected chi connectivity index (χ1v) is 20.1. The monoisotopic (exact) mass is 737 g/mol. The Bertz CT molecular complexity index is 2910. The van der Waals surface area contributed by atoms with Gasteiger partial charge in [0.15, 0.2) is 0 Å². The van der Waals surface area contributed by atoms with E-state index in [1.54, 1.807) is 0 Å². The summed E-state index contributed by atoms with van der Waals surface area (Å²) in [5.74, 6) is 0. The summed E-state index contributed by atoms with van der Waals surface area (Å²) >= 11 is 0. The predicted octanol–water partition coefficient (Wildman–Crippen LogP) is 15.0. The lowest BCUT2D eigenvalue weighted by molar-refractivity contribution is 0.766. The summed E-state index contributed by atoms with van der Waals surface area (Å²) in [5.41, 5.74) is 20.6. The minimum Gasteiger partial charge on any atom is -0.311 e. The van der Waals surface area contributed by atoms with Crippen molar-refractivity contribution in [1.29, 1.82) is 0 Å². The zero-order valence-corrected chi connectivity index (χ0v) is 32.0. The van der Waals surface area contributed by atoms with Crippen molar-refractivity contribution in [3.05, 3.63) is 258 Å². The summed E-state index contributed by atoms with van der Waals surface area (Å²) in [7, 11) is 0. The number of rotatable bonds is 6. The molecule has 0 heterocycles. The van der Waals surface area contributed by atoms with Crippen LogP contribution in [0.4, 0.5) is 17.1 Å². The number of hydrogen-bond donors (Lipinski definition) is 0. The van der Waals surface area contributed by atoms with Crippen LogP contribution in [0.25, 0.3) is 56.7 Å². The normalized spacial score (nSPS) is 12.9. The predicted molar refractivity (Wildman–Crippen MR) is 244 cm³/mol. The van der Waals surface area contributed by atoms with Gasteiger partial charge >= 0.3 is 0 Å². The Kier molecular flexibility index (Phi) is 8.12. The third kappa shape index (κ3) is 5.47. The van der Waals surface area contributed by atoms with Crippen LogP contribution < -0.4 is 4.90 Å². The second kappa shape index (κ2) is 13.9. The van der Waals surface area contributed by atoms with Gasteiger partial charge in [0.2, 0.25) is 0 Å². The number of anilines is 3. The van der Waals surface area contributed by atoms with Crippen molar-refractivity contribution in [3.63, 3.8) is 0 Å². The minimum absolute atomic E-state index is 0.446. The van der Waals surface area contributed by atoms with Gasteiger partial charge in [-0.15, -0.1) is 0 Å². The molecular formula is C57H39N. The maximum atomic E-state index is 2.46. The summed E-state index contributed by atoms with van der Waals surface area (Å²) < 4.78 is 0. The van der Waals surface area contributed by atoms with Crippen LogP contribution in [0.2, 0.25) is 0 Å². The summed E-state index contributed by atoms with van der Waals surface area (Å²) in [4.78, 5) is 2.34. The molecule has 0 aliphatic heterocycles. The zero-order chi connectivity index (χ0) is 38.5. The van der Waals surface area contributed by atoms with E-state index in [-0.39, 0.29) is 0 Å². The van der Waals surface area contributed by atoms with E-state index < -0.39 is 5.41 Å². The fraction of sp³-hybridized carbons (Fsp3) is 0.0175. The lowest BCUT2D eigenvalue weighted by Crippen LogP contribution is -2.29. The van der Waals surface area contributed by atoms with Gasteiger partial charge in [0.05, 0.1) is 5.41 Å². The zero-order valence-electron chi connectivity index (χ0n) is 32.0. The van der Waals surface area contributed by atoms with Gasteiger partial charge in [-0.1, -0.05) is 194 Å². The molecule has 9 aromatic carbocycles. The van der Waals surface area contributed by atoms with Crippen molar-refractivity contribution in [3.8, 4) is 44.5 Å². The summed E-state index contributed by atoms with van der Waals surface area (Å²) in [5, 5.41) is 0. The van der Waals surface area contributed by atoms with E-state index in [0.717, 1.165) is 17.1 Å². The van der Waals surface area contributed by atoms with Crippen LogP contribution in [0.1, 0.15) is 33.4 Å². The number of nitrogens with zero attached hydrogens (tertiary/aromatic N) is 1. The molecule has 58 heavy (non-hydrogen) atoms. The molecule has 9 aromatic rings. The van der Waals surface area contributed by atoms with E-state index in [1.165, 1.54) is 77.9 Å². The highest BCUT2D eigenvalue weighted by Crippen LogP contribution is 2.59. The van der Waals surface area contributed by atoms with E-state index >= 15 is 0 Å². The van der Waals surface area contributed by atoms with Gasteiger partial charge in [0.1, 0.15) is 0 Å². The molecular weight excluding hydrogens is 699 g/mol. The second-order valence-electron chi connectivity index (χ2n) is 15.3. The Balaban J connectivity index is 0.975. The molecule has 0 bridgehead atoms. The van der Waals surface area contributed by atoms with E-state index in [9.17, 15) is 0 Å². The molecule has 2 aliphatic rings. The van der Waals surface area contributed by atoms with E-state index in [0.29, 0.717) is 0 Å². The molecule has 0 amide bonds. The first kappa shape index (κ1) is 33.8. The lowest BCUT2D eigenvalue weighted by Gasteiger charge is -2.35. The molecule has 1 nitrogen and oxygen atoms in total. The van der Waals surface area contributed by atoms with Crippen LogP contribution in [-0.4, -0.2) is 0 Å². The molecule has 1 heteroatoms. The van der Waals surface area contributed by atoms with E-state index in [4.69, 9.17) is 0 Å². The molecule has 11 rings (SSSR count). The van der Waals surface area contributed by atoms with Crippen molar-refractivity contribution in [1.82, 2.24) is 0 Å². The molecule has 0 saturated carbocycles. The Labute approximate surface area is 340 Å². The Morgan fingerprint density at radius 1 is 0.259 bits per heavy atom. The smallest absolute Gasteiger partial charge is 0.0725 e. The van der Waals surface area contributed by atoms with Gasteiger partial charge in [0.25, 0.3) is 0 Å². The maximum absolute atomic E-state index is 2.46. The Morgan fingerprint density at radius 3 is 1.21 bits per heavy atom. The van der Waals surface area contributed by atoms with Gasteiger partial charge in [-0.2, -0.15) is 0 Å². The van der Waals surface area contributed by atoms with Crippen LogP contribution in [0.15, 0.2) is 224 Å². The van der Waals surface area contributed by atoms with Gasteiger partial charge in [-0.3, -0.25) is 0 Å². The molecule has 1 spiro atoms. The SMILES string of the molecule is C1=Cc2ccccc2C2(c3ccccc31)c1ccccc1-c1ccc(-c3ccc(N(c4ccccc4)c4ccc(-c5ccc(-c6ccccc6)cc5)cc4)cc3)cc12. The van der Waals surface area contributed by atoms with Gasteiger partial charge in [0, 0.05) is 17.1 Å². The second-order valence-corrected chi connectivity index (χ2v) is 15.3. The van der Waals surface area contributed by atoms with Crippen LogP contribution in [0.3, 0.4) is 0 Å². The number of benzene rings is 9. The lowest BCUT2D eigenvalue weighted by atomic mass is 9.66. The molecule has 0 saturated heterocycles. The molecule has 0 atom stereocenters. The fourth-order valence-electron chi connectivity index (χ4n) is 9.45. The highest BCUT2D eigenvalue weighted by Gasteiger charge is 2.48. The Morgan fingerprint density at radius 2 is 0.638 bits per heavy atom. The summed E-state index contributed by atoms with van der Waals surface area (Å²) in [6, 6.07) is 82.1. The largest absolute Gasteiger partial charge is 0.311 e. The third-order valence-corrected chi connectivity index (χ3v) is 12.1. The topological polar surface area (TPSA) is 3.24 Å². The number of fused-ring (bicyclic) bond motifs is 9. The van der Waals surface area contributed by atoms with Crippen molar-refractivity contribution in [2.24, 2.45) is 0 Å². The maximum Gasteiger partial charge on any atom is 0.0725 e. The number of para-hydroxylation sites is 1. The van der Waals surface area contributed by atoms with Crippen molar-refractivity contribution >= 4 is 29.2 Å². The third-order valence-electron chi connectivity index (χ3n) is 12.1. The number of hydrogen-bond acceptors (Lipinski definition) is 1. The van der Waals surface area contributed by atoms with Crippen LogP contribution in [0, 0.1) is 0 Å². The van der Waals surface area contributed by atoms with Gasteiger partial charge < -0.3 is 4.90 Å². The summed E-state index contributed by atoms with van der Waals surface area (Å²) in [6.45, 7) is 0. The minimum atomic E-state index is -0.446. The molecule has 0 N–H and O–H groups in total. The van der Waals surface area contributed by atoms with Crippen LogP contribution in [-0.2, 0) is 5.41 Å². The quantitative estimate of drug-likeness (QED) is 0.164. The molecule has 2 aliphatic carbocycles. The standard InChI is InChI=1S/C57H39N/c1-3-13-40(14-4-1)41-23-25-42(26-24-41)43-29-34-49(35-30-43)58(48-17-5-2-6-18-48)50-36-31-44(32-37-50)47-33-38-52-51-19-9-12-22-55(51)57(56(52)39-47)53-20-10-7-15-45(53)27-28-46-16-8-11-21-54(46)57/h1-39H. The molecule has 0 radical (unpaired) electrons. The van der Waals surface area contributed by atoms with E-state index in [1.807, 2.05) is 0 Å². The highest BCUT2D eigenvalue weighted by molar-refractivity contribution is 5.93. The Hall–Kier alpha value is -7.48. The van der Waals surface area contributed by atoms with E-state index in [2.05, 4.69) is 242 Å². The molecule has 272 valence electrons. The highest BCUT2D eigenvalue weighted by atomic mass is 15.1. The van der Waals surface area contributed by atoms with Gasteiger partial charge in [-0.25, -0.2) is 0 Å². The molecule has 0 unspecified atom stereocenters. The van der Waals surface area contributed by atoms with Crippen LogP contribution >= 0.6 is 0 Å². The molecule has 0 aromatic heterocycles. The van der Waals surface area contributed by atoms with Crippen molar-refractivity contribution in [2.45, 2.75) is 5.41 Å².